The van der Waals surface area contributed by atoms with Crippen molar-refractivity contribution in [1.29, 1.82) is 0 Å². The fourth-order valence-corrected chi connectivity index (χ4v) is 3.80. The van der Waals surface area contributed by atoms with Crippen molar-refractivity contribution in [3.05, 3.63) is 83.2 Å². The van der Waals surface area contributed by atoms with Crippen LogP contribution in [0.4, 0.5) is 0 Å². The van der Waals surface area contributed by atoms with Crippen LogP contribution in [0.1, 0.15) is 33.7 Å². The molecule has 4 rings (SSSR count). The molecule has 5 nitrogen and oxygen atoms in total. The van der Waals surface area contributed by atoms with Gasteiger partial charge < -0.3 is 10.6 Å². The lowest BCUT2D eigenvalue weighted by molar-refractivity contribution is 0.0777. The van der Waals surface area contributed by atoms with Gasteiger partial charge in [-0.05, 0) is 43.5 Å². The second-order valence-corrected chi connectivity index (χ2v) is 7.37. The van der Waals surface area contributed by atoms with Gasteiger partial charge in [-0.3, -0.25) is 4.79 Å². The van der Waals surface area contributed by atoms with Gasteiger partial charge in [-0.2, -0.15) is 5.10 Å². The minimum atomic E-state index is -0.495. The van der Waals surface area contributed by atoms with E-state index < -0.39 is 5.54 Å². The van der Waals surface area contributed by atoms with Crippen LogP contribution < -0.4 is 5.73 Å². The molecule has 0 saturated carbocycles. The Morgan fingerprint density at radius 1 is 1.07 bits per heavy atom. The highest BCUT2D eigenvalue weighted by Crippen LogP contribution is 2.30. The zero-order valence-corrected chi connectivity index (χ0v) is 15.7. The molecule has 0 radical (unpaired) electrons. The molecule has 1 amide bonds. The molecule has 27 heavy (non-hydrogen) atoms. The quantitative estimate of drug-likeness (QED) is 0.780. The zero-order chi connectivity index (χ0) is 19.0. The van der Waals surface area contributed by atoms with Crippen LogP contribution in [0, 0.1) is 13.8 Å². The lowest BCUT2D eigenvalue weighted by Crippen LogP contribution is -2.41. The maximum atomic E-state index is 13.0. The Morgan fingerprint density at radius 3 is 2.52 bits per heavy atom. The molecule has 0 aliphatic carbocycles. The smallest absolute Gasteiger partial charge is 0.274 e. The predicted octanol–water partition coefficient (Wildman–Crippen LogP) is 3.19. The van der Waals surface area contributed by atoms with Crippen LogP contribution in [0.3, 0.4) is 0 Å². The molecule has 1 aliphatic heterocycles. The Hall–Kier alpha value is -2.92. The lowest BCUT2D eigenvalue weighted by atomic mass is 9.90. The van der Waals surface area contributed by atoms with Crippen molar-refractivity contribution >= 4 is 5.91 Å². The van der Waals surface area contributed by atoms with Crippen LogP contribution in [0.25, 0.3) is 5.69 Å². The summed E-state index contributed by atoms with van der Waals surface area (Å²) >= 11 is 0. The van der Waals surface area contributed by atoms with E-state index in [9.17, 15) is 4.79 Å². The molecule has 1 unspecified atom stereocenters. The highest BCUT2D eigenvalue weighted by Gasteiger charge is 2.38. The molecule has 2 heterocycles. The number of benzene rings is 2. The van der Waals surface area contributed by atoms with Crippen molar-refractivity contribution in [1.82, 2.24) is 14.7 Å². The van der Waals surface area contributed by atoms with Gasteiger partial charge in [-0.1, -0.05) is 48.5 Å². The lowest BCUT2D eigenvalue weighted by Gasteiger charge is -2.25. The molecular weight excluding hydrogens is 336 g/mol. The standard InChI is InChI=1S/C22H24N4O/c1-16-8-6-7-11-20(16)26-17(2)14-19(24-26)21(27)25-13-12-22(23,15-25)18-9-4-3-5-10-18/h3-11,14H,12-13,15,23H2,1-2H3. The Balaban J connectivity index is 1.58. The summed E-state index contributed by atoms with van der Waals surface area (Å²) in [6.45, 7) is 5.16. The van der Waals surface area contributed by atoms with Crippen molar-refractivity contribution in [3.8, 4) is 5.69 Å². The van der Waals surface area contributed by atoms with E-state index in [0.29, 0.717) is 18.8 Å². The number of carbonyl (C=O) groups excluding carboxylic acids is 1. The number of likely N-dealkylation sites (tertiary alicyclic amines) is 1. The average molecular weight is 360 g/mol. The number of nitrogens with two attached hydrogens (primary N) is 1. The molecule has 1 atom stereocenters. The van der Waals surface area contributed by atoms with E-state index >= 15 is 0 Å². The van der Waals surface area contributed by atoms with Crippen LogP contribution in [-0.2, 0) is 5.54 Å². The van der Waals surface area contributed by atoms with Gasteiger partial charge >= 0.3 is 0 Å². The summed E-state index contributed by atoms with van der Waals surface area (Å²) in [7, 11) is 0. The Bertz CT molecular complexity index is 979. The zero-order valence-electron chi connectivity index (χ0n) is 15.7. The van der Waals surface area contributed by atoms with Gasteiger partial charge in [0.05, 0.1) is 11.2 Å². The minimum Gasteiger partial charge on any atom is -0.335 e. The third-order valence-corrected chi connectivity index (χ3v) is 5.39. The summed E-state index contributed by atoms with van der Waals surface area (Å²) in [5, 5.41) is 4.59. The molecular formula is C22H24N4O. The predicted molar refractivity (Wildman–Crippen MR) is 106 cm³/mol. The van der Waals surface area contributed by atoms with Crippen molar-refractivity contribution < 1.29 is 4.79 Å². The monoisotopic (exact) mass is 360 g/mol. The van der Waals surface area contributed by atoms with E-state index in [1.165, 1.54) is 0 Å². The summed E-state index contributed by atoms with van der Waals surface area (Å²) in [5.74, 6) is -0.0614. The maximum absolute atomic E-state index is 13.0. The topological polar surface area (TPSA) is 64.2 Å². The normalized spacial score (nSPS) is 19.4. The van der Waals surface area contributed by atoms with E-state index in [1.54, 1.807) is 0 Å². The van der Waals surface area contributed by atoms with E-state index in [4.69, 9.17) is 5.73 Å². The number of carbonyl (C=O) groups is 1. The molecule has 138 valence electrons. The highest BCUT2D eigenvalue weighted by atomic mass is 16.2. The molecule has 0 spiro atoms. The molecule has 1 aromatic heterocycles. The number of hydrogen-bond donors (Lipinski definition) is 1. The van der Waals surface area contributed by atoms with Gasteiger partial charge in [0.25, 0.3) is 5.91 Å². The van der Waals surface area contributed by atoms with Crippen molar-refractivity contribution in [3.63, 3.8) is 0 Å². The highest BCUT2D eigenvalue weighted by molar-refractivity contribution is 5.92. The molecule has 2 N–H and O–H groups in total. The van der Waals surface area contributed by atoms with Crippen LogP contribution in [-0.4, -0.2) is 33.7 Å². The molecule has 1 saturated heterocycles. The SMILES string of the molecule is Cc1ccccc1-n1nc(C(=O)N2CCC(N)(c3ccccc3)C2)cc1C. The number of aryl methyl sites for hydroxylation is 2. The Morgan fingerprint density at radius 2 is 1.78 bits per heavy atom. The molecule has 1 fully saturated rings. The van der Waals surface area contributed by atoms with Gasteiger partial charge in [0.2, 0.25) is 0 Å². The number of para-hydroxylation sites is 1. The van der Waals surface area contributed by atoms with E-state index in [0.717, 1.165) is 28.9 Å². The number of aromatic nitrogens is 2. The fraction of sp³-hybridized carbons (Fsp3) is 0.273. The third-order valence-electron chi connectivity index (χ3n) is 5.39. The minimum absolute atomic E-state index is 0.0614. The number of rotatable bonds is 3. The number of nitrogens with zero attached hydrogens (tertiary/aromatic N) is 3. The van der Waals surface area contributed by atoms with Gasteiger partial charge in [0, 0.05) is 18.8 Å². The third kappa shape index (κ3) is 3.15. The number of amides is 1. The largest absolute Gasteiger partial charge is 0.335 e. The summed E-state index contributed by atoms with van der Waals surface area (Å²) in [5.41, 5.74) is 10.7. The molecule has 5 heteroatoms. The average Bonchev–Trinajstić information content (AvgIpc) is 3.27. The van der Waals surface area contributed by atoms with Crippen LogP contribution in [0.5, 0.6) is 0 Å². The van der Waals surface area contributed by atoms with E-state index in [1.807, 2.05) is 84.1 Å². The fourth-order valence-electron chi connectivity index (χ4n) is 3.80. The van der Waals surface area contributed by atoms with E-state index in [-0.39, 0.29) is 5.91 Å². The maximum Gasteiger partial charge on any atom is 0.274 e. The first-order valence-corrected chi connectivity index (χ1v) is 9.24. The summed E-state index contributed by atoms with van der Waals surface area (Å²) in [6, 6.07) is 19.9. The van der Waals surface area contributed by atoms with Gasteiger partial charge in [0.1, 0.15) is 0 Å². The first-order valence-electron chi connectivity index (χ1n) is 9.24. The summed E-state index contributed by atoms with van der Waals surface area (Å²) in [4.78, 5) is 14.9. The van der Waals surface area contributed by atoms with Crippen molar-refractivity contribution in [2.24, 2.45) is 5.73 Å². The van der Waals surface area contributed by atoms with Crippen LogP contribution >= 0.6 is 0 Å². The first kappa shape index (κ1) is 17.5. The number of hydrogen-bond acceptors (Lipinski definition) is 3. The summed E-state index contributed by atoms with van der Waals surface area (Å²) in [6.07, 6.45) is 0.750. The van der Waals surface area contributed by atoms with Crippen LogP contribution in [0.15, 0.2) is 60.7 Å². The molecule has 2 aromatic carbocycles. The first-order chi connectivity index (χ1) is 13.0. The molecule has 3 aromatic rings. The van der Waals surface area contributed by atoms with Crippen molar-refractivity contribution in [2.45, 2.75) is 25.8 Å². The molecule has 1 aliphatic rings. The Labute approximate surface area is 159 Å². The van der Waals surface area contributed by atoms with Gasteiger partial charge in [0.15, 0.2) is 5.69 Å². The summed E-state index contributed by atoms with van der Waals surface area (Å²) < 4.78 is 1.84. The van der Waals surface area contributed by atoms with E-state index in [2.05, 4.69) is 5.10 Å². The van der Waals surface area contributed by atoms with Gasteiger partial charge in [-0.25, -0.2) is 4.68 Å². The second-order valence-electron chi connectivity index (χ2n) is 7.37. The molecule has 0 bridgehead atoms. The van der Waals surface area contributed by atoms with Crippen LogP contribution in [0.2, 0.25) is 0 Å². The second kappa shape index (κ2) is 6.67. The van der Waals surface area contributed by atoms with Crippen molar-refractivity contribution in [2.75, 3.05) is 13.1 Å². The Kier molecular flexibility index (Phi) is 4.32. The van der Waals surface area contributed by atoms with Gasteiger partial charge in [-0.15, -0.1) is 0 Å².